The number of methoxy groups -OCH3 is 1. The van der Waals surface area contributed by atoms with Gasteiger partial charge in [-0.1, -0.05) is 48.5 Å². The lowest BCUT2D eigenvalue weighted by molar-refractivity contribution is 0.415. The van der Waals surface area contributed by atoms with Crippen molar-refractivity contribution in [3.05, 3.63) is 96.7 Å². The number of hydrogen-bond acceptors (Lipinski definition) is 6. The Bertz CT molecular complexity index is 1330. The Kier molecular flexibility index (Phi) is 5.84. The van der Waals surface area contributed by atoms with Crippen molar-refractivity contribution in [1.82, 2.24) is 19.7 Å². The molecule has 0 saturated carbocycles. The van der Waals surface area contributed by atoms with Gasteiger partial charge in [0, 0.05) is 12.2 Å². The second-order valence-corrected chi connectivity index (χ2v) is 7.54. The van der Waals surface area contributed by atoms with E-state index in [9.17, 15) is 0 Å². The summed E-state index contributed by atoms with van der Waals surface area (Å²) in [5.74, 6) is 2.04. The van der Waals surface area contributed by atoms with Gasteiger partial charge in [-0.05, 0) is 48.4 Å². The fourth-order valence-corrected chi connectivity index (χ4v) is 3.61. The van der Waals surface area contributed by atoms with E-state index in [1.165, 1.54) is 5.56 Å². The topological polar surface area (TPSA) is 76.9 Å². The molecule has 2 aromatic heterocycles. The average molecular weight is 437 g/mol. The van der Waals surface area contributed by atoms with Crippen molar-refractivity contribution in [2.24, 2.45) is 0 Å². The number of fused-ring (bicyclic) bond motifs is 1. The number of benzene rings is 3. The fraction of sp³-hybridized carbons (Fsp3) is 0.115. The summed E-state index contributed by atoms with van der Waals surface area (Å²) in [6.45, 7) is 0.719. The summed E-state index contributed by atoms with van der Waals surface area (Å²) in [6, 6.07) is 28.1. The Hall–Kier alpha value is -4.39. The first-order valence-corrected chi connectivity index (χ1v) is 10.8. The number of para-hydroxylation sites is 1. The molecular formula is C26H24N6O. The van der Waals surface area contributed by atoms with Crippen LogP contribution < -0.4 is 15.4 Å². The normalized spacial score (nSPS) is 10.8. The fourth-order valence-electron chi connectivity index (χ4n) is 3.61. The van der Waals surface area contributed by atoms with Crippen LogP contribution in [0.3, 0.4) is 0 Å². The molecule has 3 aromatic carbocycles. The van der Waals surface area contributed by atoms with Gasteiger partial charge in [-0.25, -0.2) is 4.68 Å². The number of aromatic nitrogens is 4. The summed E-state index contributed by atoms with van der Waals surface area (Å²) in [6.07, 6.45) is 2.67. The number of ether oxygens (including phenoxy) is 1. The van der Waals surface area contributed by atoms with Gasteiger partial charge >= 0.3 is 0 Å². The van der Waals surface area contributed by atoms with E-state index >= 15 is 0 Å². The van der Waals surface area contributed by atoms with Crippen molar-refractivity contribution < 1.29 is 4.74 Å². The van der Waals surface area contributed by atoms with E-state index in [4.69, 9.17) is 14.7 Å². The highest BCUT2D eigenvalue weighted by Crippen LogP contribution is 2.27. The molecule has 7 nitrogen and oxygen atoms in total. The van der Waals surface area contributed by atoms with Crippen LogP contribution in [-0.4, -0.2) is 33.4 Å². The molecular weight excluding hydrogens is 412 g/mol. The molecule has 2 heterocycles. The number of hydrogen-bond donors (Lipinski definition) is 2. The molecule has 0 unspecified atom stereocenters. The van der Waals surface area contributed by atoms with E-state index < -0.39 is 0 Å². The van der Waals surface area contributed by atoms with Crippen molar-refractivity contribution in [3.8, 4) is 11.4 Å². The molecule has 0 amide bonds. The monoisotopic (exact) mass is 436 g/mol. The van der Waals surface area contributed by atoms with Gasteiger partial charge in [-0.3, -0.25) is 0 Å². The molecule has 164 valence electrons. The van der Waals surface area contributed by atoms with E-state index in [0.717, 1.165) is 41.1 Å². The second-order valence-electron chi connectivity index (χ2n) is 7.54. The lowest BCUT2D eigenvalue weighted by atomic mass is 10.1. The Balaban J connectivity index is 1.48. The summed E-state index contributed by atoms with van der Waals surface area (Å²) in [5.41, 5.74) is 3.83. The molecule has 2 N–H and O–H groups in total. The quantitative estimate of drug-likeness (QED) is 0.347. The molecule has 33 heavy (non-hydrogen) atoms. The van der Waals surface area contributed by atoms with E-state index in [1.807, 2.05) is 77.5 Å². The van der Waals surface area contributed by atoms with Crippen LogP contribution in [0.1, 0.15) is 5.56 Å². The molecule has 0 atom stereocenters. The van der Waals surface area contributed by atoms with E-state index in [0.29, 0.717) is 11.8 Å². The van der Waals surface area contributed by atoms with Crippen molar-refractivity contribution in [3.63, 3.8) is 0 Å². The van der Waals surface area contributed by atoms with Crippen LogP contribution in [0.25, 0.3) is 16.7 Å². The van der Waals surface area contributed by atoms with Crippen LogP contribution >= 0.6 is 0 Å². The highest BCUT2D eigenvalue weighted by atomic mass is 16.5. The highest BCUT2D eigenvalue weighted by Gasteiger charge is 2.14. The first-order chi connectivity index (χ1) is 16.3. The summed E-state index contributed by atoms with van der Waals surface area (Å²) in [4.78, 5) is 9.55. The maximum absolute atomic E-state index is 5.27. The lowest BCUT2D eigenvalue weighted by Crippen LogP contribution is -2.10. The van der Waals surface area contributed by atoms with Gasteiger partial charge in [0.05, 0.1) is 24.4 Å². The van der Waals surface area contributed by atoms with Gasteiger partial charge < -0.3 is 15.4 Å². The van der Waals surface area contributed by atoms with Gasteiger partial charge in [-0.15, -0.1) is 0 Å². The molecule has 0 aliphatic heterocycles. The van der Waals surface area contributed by atoms with Crippen molar-refractivity contribution in [1.29, 1.82) is 0 Å². The van der Waals surface area contributed by atoms with Crippen molar-refractivity contribution in [2.75, 3.05) is 24.3 Å². The maximum Gasteiger partial charge on any atom is 0.226 e. The van der Waals surface area contributed by atoms with E-state index in [1.54, 1.807) is 13.3 Å². The minimum Gasteiger partial charge on any atom is -0.497 e. The number of rotatable bonds is 8. The van der Waals surface area contributed by atoms with Crippen LogP contribution in [0.4, 0.5) is 17.5 Å². The van der Waals surface area contributed by atoms with Gasteiger partial charge in [0.15, 0.2) is 5.65 Å². The Morgan fingerprint density at radius 3 is 2.30 bits per heavy atom. The van der Waals surface area contributed by atoms with Gasteiger partial charge in [0.1, 0.15) is 11.6 Å². The third kappa shape index (κ3) is 4.62. The predicted octanol–water partition coefficient (Wildman–Crippen LogP) is 5.22. The third-order valence-corrected chi connectivity index (χ3v) is 5.32. The summed E-state index contributed by atoms with van der Waals surface area (Å²) in [5, 5.41) is 12.2. The smallest absolute Gasteiger partial charge is 0.226 e. The summed E-state index contributed by atoms with van der Waals surface area (Å²) in [7, 11) is 1.65. The van der Waals surface area contributed by atoms with Crippen LogP contribution in [0.5, 0.6) is 5.75 Å². The zero-order valence-corrected chi connectivity index (χ0v) is 18.3. The summed E-state index contributed by atoms with van der Waals surface area (Å²) >= 11 is 0. The van der Waals surface area contributed by atoms with Gasteiger partial charge in [0.2, 0.25) is 5.95 Å². The zero-order valence-electron chi connectivity index (χ0n) is 18.3. The van der Waals surface area contributed by atoms with E-state index in [-0.39, 0.29) is 0 Å². The van der Waals surface area contributed by atoms with Crippen molar-refractivity contribution >= 4 is 28.5 Å². The molecule has 0 radical (unpaired) electrons. The van der Waals surface area contributed by atoms with Crippen LogP contribution in [0, 0.1) is 0 Å². The molecule has 0 aliphatic carbocycles. The first-order valence-electron chi connectivity index (χ1n) is 10.8. The molecule has 0 saturated heterocycles. The Labute approximate surface area is 192 Å². The Morgan fingerprint density at radius 1 is 0.848 bits per heavy atom. The minimum atomic E-state index is 0.548. The number of nitrogens with one attached hydrogen (secondary N) is 2. The highest BCUT2D eigenvalue weighted by molar-refractivity contribution is 5.90. The molecule has 5 rings (SSSR count). The molecule has 7 heteroatoms. The number of anilines is 3. The minimum absolute atomic E-state index is 0.548. The van der Waals surface area contributed by atoms with Crippen LogP contribution in [0.15, 0.2) is 91.1 Å². The molecule has 0 bridgehead atoms. The molecule has 5 aromatic rings. The first kappa shape index (κ1) is 20.5. The largest absolute Gasteiger partial charge is 0.497 e. The van der Waals surface area contributed by atoms with Crippen LogP contribution in [0.2, 0.25) is 0 Å². The second kappa shape index (κ2) is 9.40. The molecule has 0 spiro atoms. The lowest BCUT2D eigenvalue weighted by Gasteiger charge is -2.11. The van der Waals surface area contributed by atoms with E-state index in [2.05, 4.69) is 27.9 Å². The van der Waals surface area contributed by atoms with Gasteiger partial charge in [0.25, 0.3) is 0 Å². The van der Waals surface area contributed by atoms with Crippen LogP contribution in [-0.2, 0) is 6.42 Å². The standard InChI is InChI=1S/C26H24N6O/c1-33-22-14-12-20(13-15-22)29-24-23-18-28-32(21-10-6-3-7-11-21)25(23)31-26(30-24)27-17-16-19-8-4-2-5-9-19/h2-15,18H,16-17H2,1H3,(H2,27,29,30,31). The maximum atomic E-state index is 5.27. The van der Waals surface area contributed by atoms with Crippen molar-refractivity contribution in [2.45, 2.75) is 6.42 Å². The number of nitrogens with zero attached hydrogens (tertiary/aromatic N) is 4. The molecule has 0 aliphatic rings. The SMILES string of the molecule is COc1ccc(Nc2nc(NCCc3ccccc3)nc3c2cnn3-c2ccccc2)cc1. The third-order valence-electron chi connectivity index (χ3n) is 5.32. The zero-order chi connectivity index (χ0) is 22.5. The summed E-state index contributed by atoms with van der Waals surface area (Å²) < 4.78 is 7.10. The molecule has 0 fully saturated rings. The predicted molar refractivity (Wildman–Crippen MR) is 132 cm³/mol. The van der Waals surface area contributed by atoms with Gasteiger partial charge in [-0.2, -0.15) is 15.1 Å². The Morgan fingerprint density at radius 2 is 1.58 bits per heavy atom. The average Bonchev–Trinajstić information content (AvgIpc) is 3.30.